The summed E-state index contributed by atoms with van der Waals surface area (Å²) in [5, 5.41) is 2.86. The van der Waals surface area contributed by atoms with Gasteiger partial charge >= 0.3 is 0 Å². The number of hydrogen-bond acceptors (Lipinski definition) is 4. The second-order valence-electron chi connectivity index (χ2n) is 5.45. The number of nitrogens with zero attached hydrogens (tertiary/aromatic N) is 3. The number of carbonyl (C=O) groups excluding carboxylic acids is 1. The van der Waals surface area contributed by atoms with Gasteiger partial charge in [0.25, 0.3) is 0 Å². The average Bonchev–Trinajstić information content (AvgIpc) is 2.98. The molecule has 21 heavy (non-hydrogen) atoms. The van der Waals surface area contributed by atoms with E-state index in [1.807, 2.05) is 36.7 Å². The molecule has 0 saturated heterocycles. The first-order valence-corrected chi connectivity index (χ1v) is 7.03. The molecule has 3 N–H and O–H groups in total. The smallest absolute Gasteiger partial charge is 0.237 e. The van der Waals surface area contributed by atoms with Crippen LogP contribution in [0.3, 0.4) is 0 Å². The molecule has 6 nitrogen and oxygen atoms in total. The number of nitrogens with two attached hydrogens (primary N) is 1. The van der Waals surface area contributed by atoms with Crippen LogP contribution in [0, 0.1) is 5.92 Å². The Labute approximate surface area is 124 Å². The highest BCUT2D eigenvalue weighted by molar-refractivity contribution is 5.81. The highest BCUT2D eigenvalue weighted by Gasteiger charge is 2.14. The lowest BCUT2D eigenvalue weighted by Gasteiger charge is -2.14. The number of amides is 1. The lowest BCUT2D eigenvalue weighted by Crippen LogP contribution is -2.41. The standard InChI is InChI=1S/C15H21N5O/c1-11(2)7-13(16)15(21)19-9-12-3-4-18-14(8-12)20-6-5-17-10-20/h3-6,8,10-11,13H,7,9,16H2,1-2H3,(H,19,21)/t13-/m0/s1. The Kier molecular flexibility index (Phi) is 5.05. The summed E-state index contributed by atoms with van der Waals surface area (Å²) in [4.78, 5) is 20.2. The number of nitrogens with one attached hydrogen (secondary N) is 1. The monoisotopic (exact) mass is 287 g/mol. The molecule has 0 bridgehead atoms. The van der Waals surface area contributed by atoms with E-state index < -0.39 is 6.04 Å². The van der Waals surface area contributed by atoms with Crippen LogP contribution in [0.2, 0.25) is 0 Å². The van der Waals surface area contributed by atoms with Gasteiger partial charge < -0.3 is 11.1 Å². The number of imidazole rings is 1. The van der Waals surface area contributed by atoms with Crippen molar-refractivity contribution < 1.29 is 4.79 Å². The Hall–Kier alpha value is -2.21. The minimum absolute atomic E-state index is 0.121. The summed E-state index contributed by atoms with van der Waals surface area (Å²) in [6.07, 6.45) is 7.60. The first-order valence-electron chi connectivity index (χ1n) is 7.03. The molecule has 112 valence electrons. The Morgan fingerprint density at radius 1 is 1.43 bits per heavy atom. The first-order chi connectivity index (χ1) is 10.1. The zero-order chi connectivity index (χ0) is 15.2. The highest BCUT2D eigenvalue weighted by atomic mass is 16.2. The van der Waals surface area contributed by atoms with Gasteiger partial charge in [-0.2, -0.15) is 0 Å². The number of pyridine rings is 1. The molecule has 2 heterocycles. The third-order valence-electron chi connectivity index (χ3n) is 3.11. The predicted octanol–water partition coefficient (Wildman–Crippen LogP) is 1.26. The van der Waals surface area contributed by atoms with E-state index in [4.69, 9.17) is 5.73 Å². The van der Waals surface area contributed by atoms with Gasteiger partial charge in [0.1, 0.15) is 12.1 Å². The Morgan fingerprint density at radius 3 is 2.90 bits per heavy atom. The Morgan fingerprint density at radius 2 is 2.24 bits per heavy atom. The van der Waals surface area contributed by atoms with E-state index in [1.54, 1.807) is 18.7 Å². The normalized spacial score (nSPS) is 12.4. The van der Waals surface area contributed by atoms with Crippen LogP contribution in [0.1, 0.15) is 25.8 Å². The zero-order valence-corrected chi connectivity index (χ0v) is 12.4. The van der Waals surface area contributed by atoms with Crippen molar-refractivity contribution in [2.75, 3.05) is 0 Å². The summed E-state index contributed by atoms with van der Waals surface area (Å²) in [7, 11) is 0. The molecule has 0 radical (unpaired) electrons. The molecule has 0 unspecified atom stereocenters. The maximum atomic E-state index is 11.9. The van der Waals surface area contributed by atoms with Gasteiger partial charge in [-0.05, 0) is 30.0 Å². The SMILES string of the molecule is CC(C)C[C@H](N)C(=O)NCc1ccnc(-n2ccnc2)c1. The van der Waals surface area contributed by atoms with Gasteiger partial charge in [-0.25, -0.2) is 9.97 Å². The molecule has 0 fully saturated rings. The molecule has 1 atom stereocenters. The third-order valence-corrected chi connectivity index (χ3v) is 3.11. The molecular weight excluding hydrogens is 266 g/mol. The minimum Gasteiger partial charge on any atom is -0.351 e. The number of carbonyl (C=O) groups is 1. The van der Waals surface area contributed by atoms with Crippen molar-refractivity contribution in [1.29, 1.82) is 0 Å². The fourth-order valence-electron chi connectivity index (χ4n) is 2.04. The Bertz CT molecular complexity index is 580. The second kappa shape index (κ2) is 6.99. The molecular formula is C15H21N5O. The van der Waals surface area contributed by atoms with Crippen molar-refractivity contribution in [3.63, 3.8) is 0 Å². The average molecular weight is 287 g/mol. The van der Waals surface area contributed by atoms with Gasteiger partial charge in [0.15, 0.2) is 0 Å². The molecule has 0 aromatic carbocycles. The van der Waals surface area contributed by atoms with Crippen LogP contribution in [0.5, 0.6) is 0 Å². The first kappa shape index (κ1) is 15.2. The maximum Gasteiger partial charge on any atom is 0.237 e. The molecule has 2 aromatic rings. The zero-order valence-electron chi connectivity index (χ0n) is 12.4. The van der Waals surface area contributed by atoms with Gasteiger partial charge in [0.05, 0.1) is 6.04 Å². The van der Waals surface area contributed by atoms with E-state index in [9.17, 15) is 4.79 Å². The highest BCUT2D eigenvalue weighted by Crippen LogP contribution is 2.07. The van der Waals surface area contributed by atoms with E-state index in [0.717, 1.165) is 11.4 Å². The van der Waals surface area contributed by atoms with Crippen LogP contribution in [-0.2, 0) is 11.3 Å². The quantitative estimate of drug-likeness (QED) is 0.837. The van der Waals surface area contributed by atoms with Crippen LogP contribution in [0.4, 0.5) is 0 Å². The van der Waals surface area contributed by atoms with Crippen LogP contribution in [-0.4, -0.2) is 26.5 Å². The van der Waals surface area contributed by atoms with Crippen molar-refractivity contribution in [1.82, 2.24) is 19.9 Å². The van der Waals surface area contributed by atoms with Crippen LogP contribution >= 0.6 is 0 Å². The van der Waals surface area contributed by atoms with Gasteiger partial charge in [0.2, 0.25) is 5.91 Å². The summed E-state index contributed by atoms with van der Waals surface area (Å²) in [6, 6.07) is 3.32. The van der Waals surface area contributed by atoms with Crippen LogP contribution in [0.25, 0.3) is 5.82 Å². The number of hydrogen-bond donors (Lipinski definition) is 2. The van der Waals surface area contributed by atoms with Crippen molar-refractivity contribution in [2.45, 2.75) is 32.9 Å². The van der Waals surface area contributed by atoms with Crippen LogP contribution < -0.4 is 11.1 Å². The molecule has 6 heteroatoms. The van der Waals surface area contributed by atoms with E-state index in [1.165, 1.54) is 0 Å². The molecule has 0 aliphatic carbocycles. The largest absolute Gasteiger partial charge is 0.351 e. The molecule has 0 aliphatic rings. The van der Waals surface area contributed by atoms with Gasteiger partial charge in [-0.3, -0.25) is 9.36 Å². The van der Waals surface area contributed by atoms with E-state index in [-0.39, 0.29) is 5.91 Å². The summed E-state index contributed by atoms with van der Waals surface area (Å²) in [5.74, 6) is 1.05. The number of aromatic nitrogens is 3. The minimum atomic E-state index is -0.458. The molecule has 1 amide bonds. The van der Waals surface area contributed by atoms with Crippen molar-refractivity contribution in [2.24, 2.45) is 11.7 Å². The predicted molar refractivity (Wildman–Crippen MR) is 80.6 cm³/mol. The summed E-state index contributed by atoms with van der Waals surface area (Å²) >= 11 is 0. The van der Waals surface area contributed by atoms with Crippen molar-refractivity contribution in [3.8, 4) is 5.82 Å². The van der Waals surface area contributed by atoms with E-state index >= 15 is 0 Å². The summed E-state index contributed by atoms with van der Waals surface area (Å²) in [5.41, 5.74) is 6.82. The fraction of sp³-hybridized carbons (Fsp3) is 0.400. The molecule has 2 aromatic heterocycles. The lowest BCUT2D eigenvalue weighted by atomic mass is 10.0. The summed E-state index contributed by atoms with van der Waals surface area (Å²) in [6.45, 7) is 4.54. The van der Waals surface area contributed by atoms with E-state index in [2.05, 4.69) is 15.3 Å². The maximum absolute atomic E-state index is 11.9. The van der Waals surface area contributed by atoms with Gasteiger partial charge in [-0.15, -0.1) is 0 Å². The topological polar surface area (TPSA) is 85.8 Å². The van der Waals surface area contributed by atoms with Gasteiger partial charge in [-0.1, -0.05) is 13.8 Å². The second-order valence-corrected chi connectivity index (χ2v) is 5.45. The number of rotatable bonds is 6. The lowest BCUT2D eigenvalue weighted by molar-refractivity contribution is -0.122. The molecule has 0 spiro atoms. The van der Waals surface area contributed by atoms with E-state index in [0.29, 0.717) is 18.9 Å². The fourth-order valence-corrected chi connectivity index (χ4v) is 2.04. The molecule has 0 saturated carbocycles. The molecule has 0 aliphatic heterocycles. The summed E-state index contributed by atoms with van der Waals surface area (Å²) < 4.78 is 1.82. The van der Waals surface area contributed by atoms with Crippen molar-refractivity contribution >= 4 is 5.91 Å². The third kappa shape index (κ3) is 4.39. The van der Waals surface area contributed by atoms with Crippen LogP contribution in [0.15, 0.2) is 37.1 Å². The van der Waals surface area contributed by atoms with Crippen molar-refractivity contribution in [3.05, 3.63) is 42.6 Å². The Balaban J connectivity index is 1.95. The van der Waals surface area contributed by atoms with Gasteiger partial charge in [0, 0.05) is 25.1 Å². The molecule has 2 rings (SSSR count).